The van der Waals surface area contributed by atoms with E-state index < -0.39 is 30.6 Å². The maximum atomic E-state index is 13.4. The fraction of sp³-hybridized carbons (Fsp3) is 0.647. The number of alkyl halides is 3. The van der Waals surface area contributed by atoms with E-state index >= 15 is 0 Å². The lowest BCUT2D eigenvalue weighted by Crippen LogP contribution is -2.33. The van der Waals surface area contributed by atoms with Gasteiger partial charge in [-0.15, -0.1) is 11.3 Å². The van der Waals surface area contributed by atoms with Gasteiger partial charge < -0.3 is 14.4 Å². The van der Waals surface area contributed by atoms with E-state index in [9.17, 15) is 22.8 Å². The summed E-state index contributed by atoms with van der Waals surface area (Å²) in [4.78, 5) is 25.9. The van der Waals surface area contributed by atoms with Gasteiger partial charge in [0.2, 0.25) is 0 Å². The molecule has 0 saturated carbocycles. The molecule has 146 valence electrons. The molecule has 0 N–H and O–H groups in total. The van der Waals surface area contributed by atoms with Crippen LogP contribution in [-0.4, -0.2) is 49.4 Å². The molecule has 0 bridgehead atoms. The molecule has 1 unspecified atom stereocenters. The molecular formula is C17H22F3NO4S. The van der Waals surface area contributed by atoms with Crippen LogP contribution < -0.4 is 0 Å². The zero-order valence-corrected chi connectivity index (χ0v) is 15.5. The van der Waals surface area contributed by atoms with Gasteiger partial charge in [-0.3, -0.25) is 4.79 Å². The highest BCUT2D eigenvalue weighted by Crippen LogP contribution is 2.42. The summed E-state index contributed by atoms with van der Waals surface area (Å²) in [6.07, 6.45) is -4.70. The molecule has 0 aromatic carbocycles. The number of carbonyl (C=O) groups is 2. The lowest BCUT2D eigenvalue weighted by Gasteiger charge is -2.20. The van der Waals surface area contributed by atoms with Gasteiger partial charge in [-0.2, -0.15) is 13.2 Å². The SMILES string of the molecule is CCOC(=O)CC(c1cc2c(s1)CCN(C(=O)OCC)CC2)C(F)(F)F. The first-order chi connectivity index (χ1) is 12.3. The number of nitrogens with zero attached hydrogens (tertiary/aromatic N) is 1. The number of carbonyl (C=O) groups excluding carboxylic acids is 2. The van der Waals surface area contributed by atoms with Crippen LogP contribution in [0.1, 0.15) is 41.5 Å². The summed E-state index contributed by atoms with van der Waals surface area (Å²) in [6.45, 7) is 4.41. The van der Waals surface area contributed by atoms with Gasteiger partial charge in [-0.05, 0) is 38.3 Å². The smallest absolute Gasteiger partial charge is 0.409 e. The van der Waals surface area contributed by atoms with Gasteiger partial charge in [0.1, 0.15) is 0 Å². The summed E-state index contributed by atoms with van der Waals surface area (Å²) in [6, 6.07) is 1.52. The number of hydrogen-bond acceptors (Lipinski definition) is 5. The Morgan fingerprint density at radius 2 is 1.85 bits per heavy atom. The molecule has 1 aliphatic rings. The Morgan fingerprint density at radius 1 is 1.19 bits per heavy atom. The van der Waals surface area contributed by atoms with Crippen molar-refractivity contribution in [2.75, 3.05) is 26.3 Å². The average molecular weight is 393 g/mol. The van der Waals surface area contributed by atoms with Gasteiger partial charge in [0, 0.05) is 22.8 Å². The number of rotatable bonds is 5. The molecule has 0 aliphatic carbocycles. The highest BCUT2D eigenvalue weighted by atomic mass is 32.1. The molecule has 1 atom stereocenters. The molecule has 0 saturated heterocycles. The third-order valence-corrected chi connectivity index (χ3v) is 5.47. The first-order valence-electron chi connectivity index (χ1n) is 8.51. The largest absolute Gasteiger partial charge is 0.466 e. The van der Waals surface area contributed by atoms with E-state index in [1.165, 1.54) is 6.07 Å². The fourth-order valence-corrected chi connectivity index (χ4v) is 4.18. The van der Waals surface area contributed by atoms with Crippen LogP contribution in [0.4, 0.5) is 18.0 Å². The lowest BCUT2D eigenvalue weighted by molar-refractivity contribution is -0.165. The molecular weight excluding hydrogens is 371 g/mol. The summed E-state index contributed by atoms with van der Waals surface area (Å²) in [7, 11) is 0. The fourth-order valence-electron chi connectivity index (χ4n) is 2.85. The average Bonchev–Trinajstić information content (AvgIpc) is 2.84. The molecule has 0 spiro atoms. The Hall–Kier alpha value is -1.77. The molecule has 5 nitrogen and oxygen atoms in total. The molecule has 1 aromatic heterocycles. The number of halogens is 3. The van der Waals surface area contributed by atoms with E-state index in [1.807, 2.05) is 0 Å². The highest BCUT2D eigenvalue weighted by Gasteiger charge is 2.43. The third kappa shape index (κ3) is 5.12. The topological polar surface area (TPSA) is 55.8 Å². The minimum atomic E-state index is -4.52. The van der Waals surface area contributed by atoms with Gasteiger partial charge >= 0.3 is 18.2 Å². The van der Waals surface area contributed by atoms with Crippen LogP contribution in [0.25, 0.3) is 0 Å². The van der Waals surface area contributed by atoms with Crippen LogP contribution in [0.5, 0.6) is 0 Å². The summed E-state index contributed by atoms with van der Waals surface area (Å²) >= 11 is 1.06. The van der Waals surface area contributed by atoms with Gasteiger partial charge in [0.05, 0.1) is 25.6 Å². The van der Waals surface area contributed by atoms with Crippen molar-refractivity contribution in [3.63, 3.8) is 0 Å². The number of amides is 1. The Labute approximate surface area is 154 Å². The summed E-state index contributed by atoms with van der Waals surface area (Å²) < 4.78 is 50.0. The number of hydrogen-bond donors (Lipinski definition) is 0. The third-order valence-electron chi connectivity index (χ3n) is 4.12. The van der Waals surface area contributed by atoms with Gasteiger partial charge in [0.15, 0.2) is 0 Å². The minimum absolute atomic E-state index is 0.0496. The normalized spacial score (nSPS) is 15.8. The van der Waals surface area contributed by atoms with Crippen molar-refractivity contribution in [3.8, 4) is 0 Å². The first kappa shape index (κ1) is 20.5. The summed E-state index contributed by atoms with van der Waals surface area (Å²) in [5, 5.41) is 0. The van der Waals surface area contributed by atoms with Crippen LogP contribution in [0.3, 0.4) is 0 Å². The van der Waals surface area contributed by atoms with Crippen molar-refractivity contribution in [1.29, 1.82) is 0 Å². The zero-order valence-electron chi connectivity index (χ0n) is 14.7. The first-order valence-corrected chi connectivity index (χ1v) is 9.33. The molecule has 2 heterocycles. The van der Waals surface area contributed by atoms with E-state index in [0.717, 1.165) is 21.8 Å². The molecule has 1 amide bonds. The standard InChI is InChI=1S/C17H22F3NO4S/c1-3-24-15(22)10-12(17(18,19)20)14-9-11-5-7-21(16(23)25-4-2)8-6-13(11)26-14/h9,12H,3-8,10H2,1-2H3. The van der Waals surface area contributed by atoms with Crippen molar-refractivity contribution >= 4 is 23.4 Å². The van der Waals surface area contributed by atoms with Gasteiger partial charge in [-0.25, -0.2) is 4.79 Å². The van der Waals surface area contributed by atoms with Crippen LogP contribution in [0.2, 0.25) is 0 Å². The zero-order chi connectivity index (χ0) is 19.3. The molecule has 0 fully saturated rings. The molecule has 26 heavy (non-hydrogen) atoms. The molecule has 1 aliphatic heterocycles. The predicted molar refractivity (Wildman–Crippen MR) is 90.4 cm³/mol. The Balaban J connectivity index is 2.15. The van der Waals surface area contributed by atoms with Gasteiger partial charge in [-0.1, -0.05) is 0 Å². The molecule has 2 rings (SSSR count). The van der Waals surface area contributed by atoms with Crippen molar-refractivity contribution in [2.24, 2.45) is 0 Å². The quantitative estimate of drug-likeness (QED) is 0.712. The molecule has 1 aromatic rings. The highest BCUT2D eigenvalue weighted by molar-refractivity contribution is 7.12. The Bertz CT molecular complexity index is 619. The van der Waals surface area contributed by atoms with Gasteiger partial charge in [0.25, 0.3) is 0 Å². The van der Waals surface area contributed by atoms with E-state index in [-0.39, 0.29) is 18.1 Å². The van der Waals surface area contributed by atoms with Crippen LogP contribution >= 0.6 is 11.3 Å². The van der Waals surface area contributed by atoms with Crippen molar-refractivity contribution in [1.82, 2.24) is 4.90 Å². The van der Waals surface area contributed by atoms with Crippen LogP contribution in [0.15, 0.2) is 6.07 Å². The molecule has 9 heteroatoms. The summed E-state index contributed by atoms with van der Waals surface area (Å²) in [5.74, 6) is -2.72. The Kier molecular flexibility index (Phi) is 6.91. The maximum Gasteiger partial charge on any atom is 0.409 e. The number of thiophene rings is 1. The van der Waals surface area contributed by atoms with E-state index in [1.54, 1.807) is 18.7 Å². The summed E-state index contributed by atoms with van der Waals surface area (Å²) in [5.41, 5.74) is 0.801. The van der Waals surface area contributed by atoms with E-state index in [2.05, 4.69) is 4.74 Å². The number of esters is 1. The molecule has 0 radical (unpaired) electrons. The monoisotopic (exact) mass is 393 g/mol. The second-order valence-corrected chi connectivity index (χ2v) is 7.05. The second-order valence-electron chi connectivity index (χ2n) is 5.89. The maximum absolute atomic E-state index is 13.4. The lowest BCUT2D eigenvalue weighted by atomic mass is 10.0. The second kappa shape index (κ2) is 8.75. The minimum Gasteiger partial charge on any atom is -0.466 e. The van der Waals surface area contributed by atoms with E-state index in [0.29, 0.717) is 25.9 Å². The van der Waals surface area contributed by atoms with Crippen molar-refractivity contribution < 1.29 is 32.2 Å². The van der Waals surface area contributed by atoms with E-state index in [4.69, 9.17) is 4.74 Å². The van der Waals surface area contributed by atoms with Crippen molar-refractivity contribution in [3.05, 3.63) is 21.4 Å². The predicted octanol–water partition coefficient (Wildman–Crippen LogP) is 3.90. The van der Waals surface area contributed by atoms with Crippen LogP contribution in [-0.2, 0) is 27.1 Å². The number of fused-ring (bicyclic) bond motifs is 1. The van der Waals surface area contributed by atoms with Crippen molar-refractivity contribution in [2.45, 2.75) is 45.2 Å². The number of ether oxygens (including phenoxy) is 2. The van der Waals surface area contributed by atoms with Crippen LogP contribution in [0, 0.1) is 0 Å². The Morgan fingerprint density at radius 3 is 2.46 bits per heavy atom.